The van der Waals surface area contributed by atoms with E-state index in [4.69, 9.17) is 10.2 Å². The first-order chi connectivity index (χ1) is 9.09. The number of hydrogen-bond donors (Lipinski definition) is 2. The number of carboxylic acid groups (broad SMARTS) is 1. The molecule has 0 bridgehead atoms. The molecule has 0 saturated carbocycles. The number of nitrogens with two attached hydrogens (primary N) is 1. The molecule has 0 aliphatic carbocycles. The summed E-state index contributed by atoms with van der Waals surface area (Å²) in [4.78, 5) is 15.1. The number of nitrogens with zero attached hydrogens (tertiary/aromatic N) is 1. The fraction of sp³-hybridized carbons (Fsp3) is 0.333. The molecule has 2 aromatic rings. The number of aliphatic carboxylic acids is 1. The van der Waals surface area contributed by atoms with E-state index in [2.05, 4.69) is 4.98 Å². The van der Waals surface area contributed by atoms with E-state index in [1.165, 1.54) is 0 Å². The van der Waals surface area contributed by atoms with E-state index in [1.54, 1.807) is 32.0 Å². The zero-order valence-electron chi connectivity index (χ0n) is 11.0. The Hall–Kier alpha value is -1.51. The molecule has 0 saturated heterocycles. The Bertz CT molecular complexity index is 778. The molecule has 1 aromatic carbocycles. The van der Waals surface area contributed by atoms with E-state index in [0.29, 0.717) is 16.6 Å². The Kier molecular flexibility index (Phi) is 3.57. The average Bonchev–Trinajstić information content (AvgIpc) is 2.70. The molecule has 3 N–H and O–H groups in total. The van der Waals surface area contributed by atoms with Crippen LogP contribution in [-0.2, 0) is 21.2 Å². The van der Waals surface area contributed by atoms with Crippen LogP contribution in [0.15, 0.2) is 22.5 Å². The van der Waals surface area contributed by atoms with Gasteiger partial charge in [0.15, 0.2) is 0 Å². The smallest absolute Gasteiger partial charge is 0.309 e. The van der Waals surface area contributed by atoms with Crippen LogP contribution in [0.25, 0.3) is 10.2 Å². The summed E-state index contributed by atoms with van der Waals surface area (Å²) >= 11 is 0.981. The molecule has 20 heavy (non-hydrogen) atoms. The van der Waals surface area contributed by atoms with Gasteiger partial charge in [0.2, 0.25) is 4.34 Å². The zero-order chi connectivity index (χ0) is 15.1. The maximum absolute atomic E-state index is 11.3. The minimum atomic E-state index is -3.81. The standard InChI is InChI=1S/C12H14N2O4S2/c1-12(2,10(15)16)6-7-3-4-8-9(5-7)19-11(14-8)20(13,17)18/h3-5H,6H2,1-2H3,(H,15,16)(H2,13,17,18). The van der Waals surface area contributed by atoms with Gasteiger partial charge >= 0.3 is 5.97 Å². The van der Waals surface area contributed by atoms with Gasteiger partial charge in [-0.15, -0.1) is 11.3 Å². The first-order valence-corrected chi connectivity index (χ1v) is 8.11. The largest absolute Gasteiger partial charge is 0.481 e. The van der Waals surface area contributed by atoms with Crippen LogP contribution in [-0.4, -0.2) is 24.5 Å². The SMILES string of the molecule is CC(C)(Cc1ccc2nc(S(N)(=O)=O)sc2c1)C(=O)O. The van der Waals surface area contributed by atoms with Crippen LogP contribution in [0.3, 0.4) is 0 Å². The molecule has 1 heterocycles. The van der Waals surface area contributed by atoms with Gasteiger partial charge in [0, 0.05) is 0 Å². The third kappa shape index (κ3) is 2.97. The summed E-state index contributed by atoms with van der Waals surface area (Å²) < 4.78 is 23.0. The maximum atomic E-state index is 11.3. The number of sulfonamides is 1. The lowest BCUT2D eigenvalue weighted by Gasteiger charge is -2.18. The highest BCUT2D eigenvalue weighted by Crippen LogP contribution is 2.28. The van der Waals surface area contributed by atoms with E-state index < -0.39 is 21.4 Å². The summed E-state index contributed by atoms with van der Waals surface area (Å²) in [5.41, 5.74) is 0.464. The molecule has 6 nitrogen and oxygen atoms in total. The number of fused-ring (bicyclic) bond motifs is 1. The Labute approximate surface area is 120 Å². The predicted molar refractivity (Wildman–Crippen MR) is 76.1 cm³/mol. The van der Waals surface area contributed by atoms with Gasteiger partial charge in [-0.1, -0.05) is 6.07 Å². The van der Waals surface area contributed by atoms with Crippen LogP contribution >= 0.6 is 11.3 Å². The van der Waals surface area contributed by atoms with Crippen molar-refractivity contribution in [1.82, 2.24) is 4.98 Å². The Morgan fingerprint density at radius 3 is 2.65 bits per heavy atom. The van der Waals surface area contributed by atoms with Crippen molar-refractivity contribution in [3.05, 3.63) is 23.8 Å². The van der Waals surface area contributed by atoms with Crippen LogP contribution in [0.1, 0.15) is 19.4 Å². The summed E-state index contributed by atoms with van der Waals surface area (Å²) in [7, 11) is -3.81. The third-order valence-corrected chi connectivity index (χ3v) is 5.24. The molecule has 2 rings (SSSR count). The van der Waals surface area contributed by atoms with Gasteiger partial charge in [-0.3, -0.25) is 4.79 Å². The van der Waals surface area contributed by atoms with Crippen molar-refractivity contribution >= 4 is 37.5 Å². The molecule has 0 spiro atoms. The monoisotopic (exact) mass is 314 g/mol. The summed E-state index contributed by atoms with van der Waals surface area (Å²) in [5, 5.41) is 14.2. The Balaban J connectivity index is 2.42. The van der Waals surface area contributed by atoms with E-state index in [9.17, 15) is 13.2 Å². The molecule has 0 amide bonds. The molecule has 0 radical (unpaired) electrons. The molecule has 8 heteroatoms. The van der Waals surface area contributed by atoms with Crippen LogP contribution in [0.2, 0.25) is 0 Å². The van der Waals surface area contributed by atoms with Gasteiger partial charge in [-0.2, -0.15) is 0 Å². The first kappa shape index (κ1) is 14.9. The van der Waals surface area contributed by atoms with Gasteiger partial charge in [-0.05, 0) is 38.0 Å². The molecule has 108 valence electrons. The molecule has 0 unspecified atom stereocenters. The van der Waals surface area contributed by atoms with Crippen LogP contribution in [0.5, 0.6) is 0 Å². The lowest BCUT2D eigenvalue weighted by molar-refractivity contribution is -0.146. The fourth-order valence-electron chi connectivity index (χ4n) is 1.77. The molecule has 0 fully saturated rings. The van der Waals surface area contributed by atoms with Gasteiger partial charge in [-0.25, -0.2) is 18.5 Å². The second-order valence-electron chi connectivity index (χ2n) is 5.19. The third-order valence-electron chi connectivity index (χ3n) is 2.90. The number of hydrogen-bond acceptors (Lipinski definition) is 5. The van der Waals surface area contributed by atoms with Crippen molar-refractivity contribution in [2.24, 2.45) is 10.6 Å². The highest BCUT2D eigenvalue weighted by atomic mass is 32.2. The number of rotatable bonds is 4. The van der Waals surface area contributed by atoms with E-state index in [1.807, 2.05) is 0 Å². The van der Waals surface area contributed by atoms with Crippen molar-refractivity contribution in [2.75, 3.05) is 0 Å². The number of primary sulfonamides is 1. The lowest BCUT2D eigenvalue weighted by atomic mass is 9.86. The summed E-state index contributed by atoms with van der Waals surface area (Å²) in [6, 6.07) is 5.18. The fourth-order valence-corrected chi connectivity index (χ4v) is 3.49. The maximum Gasteiger partial charge on any atom is 0.309 e. The topological polar surface area (TPSA) is 110 Å². The number of thiazole rings is 1. The van der Waals surface area contributed by atoms with E-state index in [-0.39, 0.29) is 4.34 Å². The second kappa shape index (κ2) is 4.80. The minimum Gasteiger partial charge on any atom is -0.481 e. The zero-order valence-corrected chi connectivity index (χ0v) is 12.6. The number of benzene rings is 1. The van der Waals surface area contributed by atoms with Crippen molar-refractivity contribution in [2.45, 2.75) is 24.6 Å². The van der Waals surface area contributed by atoms with Gasteiger partial charge in [0.05, 0.1) is 15.6 Å². The summed E-state index contributed by atoms with van der Waals surface area (Å²) in [5.74, 6) is -0.882. The van der Waals surface area contributed by atoms with E-state index >= 15 is 0 Å². The lowest BCUT2D eigenvalue weighted by Crippen LogP contribution is -2.26. The molecule has 0 aliphatic rings. The van der Waals surface area contributed by atoms with Crippen molar-refractivity contribution < 1.29 is 18.3 Å². The van der Waals surface area contributed by atoms with Crippen LogP contribution in [0, 0.1) is 5.41 Å². The highest BCUT2D eigenvalue weighted by Gasteiger charge is 2.27. The average molecular weight is 314 g/mol. The normalized spacial score (nSPS) is 12.8. The quantitative estimate of drug-likeness (QED) is 0.890. The summed E-state index contributed by atoms with van der Waals surface area (Å²) in [6.07, 6.45) is 0.348. The van der Waals surface area contributed by atoms with Gasteiger partial charge in [0.25, 0.3) is 10.0 Å². The Morgan fingerprint density at radius 1 is 1.45 bits per heavy atom. The minimum absolute atomic E-state index is 0.137. The second-order valence-corrected chi connectivity index (χ2v) is 7.96. The van der Waals surface area contributed by atoms with Crippen LogP contribution < -0.4 is 5.14 Å². The van der Waals surface area contributed by atoms with Crippen molar-refractivity contribution in [1.29, 1.82) is 0 Å². The summed E-state index contributed by atoms with van der Waals surface area (Å²) in [6.45, 7) is 3.28. The molecule has 0 atom stereocenters. The van der Waals surface area contributed by atoms with Gasteiger partial charge < -0.3 is 5.11 Å². The van der Waals surface area contributed by atoms with Crippen molar-refractivity contribution in [3.63, 3.8) is 0 Å². The molecule has 1 aromatic heterocycles. The molecule has 0 aliphatic heterocycles. The number of carbonyl (C=O) groups is 1. The number of carboxylic acids is 1. The van der Waals surface area contributed by atoms with Gasteiger partial charge in [0.1, 0.15) is 0 Å². The van der Waals surface area contributed by atoms with Crippen molar-refractivity contribution in [3.8, 4) is 0 Å². The predicted octanol–water partition coefficient (Wildman–Crippen LogP) is 1.60. The Morgan fingerprint density at radius 2 is 2.10 bits per heavy atom. The molecular weight excluding hydrogens is 300 g/mol. The number of aromatic nitrogens is 1. The highest BCUT2D eigenvalue weighted by molar-refractivity contribution is 7.91. The molecular formula is C12H14N2O4S2. The van der Waals surface area contributed by atoms with E-state index in [0.717, 1.165) is 16.9 Å². The first-order valence-electron chi connectivity index (χ1n) is 5.75. The van der Waals surface area contributed by atoms with Crippen LogP contribution in [0.4, 0.5) is 0 Å².